The standard InChI is InChI=1S/C31H37Cl2FN2O/c1-3-6-20-7-5-8-21(10-9-20)15-22-16-24(19-36-18-22)23-11-14-27(35)29(17-23)37-28(4-2)30-25(32)12-13-26(34)31(30)33/h4,11-14,16-17,19-22,28H,2-3,5-10,15,18,35H2,1H3. The first-order chi connectivity index (χ1) is 17.9. The summed E-state index contributed by atoms with van der Waals surface area (Å²) >= 11 is 12.5. The molecule has 2 aliphatic rings. The number of dihydropyridines is 1. The zero-order valence-electron chi connectivity index (χ0n) is 21.6. The van der Waals surface area contributed by atoms with Crippen molar-refractivity contribution in [2.45, 2.75) is 64.4 Å². The predicted molar refractivity (Wildman–Crippen MR) is 155 cm³/mol. The fourth-order valence-corrected chi connectivity index (χ4v) is 6.33. The van der Waals surface area contributed by atoms with Crippen molar-refractivity contribution in [3.63, 3.8) is 0 Å². The van der Waals surface area contributed by atoms with Gasteiger partial charge >= 0.3 is 0 Å². The van der Waals surface area contributed by atoms with E-state index in [4.69, 9.17) is 38.7 Å². The SMILES string of the molecule is C=CC(Oc1cc(C2=CC(CC3CCCC(CCC)CC3)CN=C2)ccc1N)c1c(Cl)ccc(F)c1Cl. The van der Waals surface area contributed by atoms with Gasteiger partial charge in [-0.05, 0) is 65.7 Å². The van der Waals surface area contributed by atoms with Crippen molar-refractivity contribution >= 4 is 40.7 Å². The van der Waals surface area contributed by atoms with Gasteiger partial charge in [-0.3, -0.25) is 4.99 Å². The third-order valence-corrected chi connectivity index (χ3v) is 8.42. The van der Waals surface area contributed by atoms with Gasteiger partial charge in [-0.25, -0.2) is 4.39 Å². The van der Waals surface area contributed by atoms with Crippen LogP contribution in [0, 0.1) is 23.6 Å². The van der Waals surface area contributed by atoms with E-state index >= 15 is 0 Å². The molecular formula is C31H37Cl2FN2O. The van der Waals surface area contributed by atoms with Crippen LogP contribution in [0.3, 0.4) is 0 Å². The van der Waals surface area contributed by atoms with Crippen molar-refractivity contribution in [3.05, 3.63) is 76.1 Å². The third kappa shape index (κ3) is 6.97. The molecule has 1 fully saturated rings. The maximum atomic E-state index is 14.1. The molecule has 2 aromatic rings. The van der Waals surface area contributed by atoms with Gasteiger partial charge in [0, 0.05) is 23.3 Å². The van der Waals surface area contributed by atoms with Crippen LogP contribution in [0.15, 0.2) is 54.1 Å². The summed E-state index contributed by atoms with van der Waals surface area (Å²) in [4.78, 5) is 4.70. The number of rotatable bonds is 9. The summed E-state index contributed by atoms with van der Waals surface area (Å²) in [5, 5.41) is 0.215. The average Bonchev–Trinajstić information content (AvgIpc) is 3.12. The Morgan fingerprint density at radius 1 is 1.16 bits per heavy atom. The predicted octanol–water partition coefficient (Wildman–Crippen LogP) is 9.49. The molecule has 4 rings (SSSR count). The molecule has 0 saturated heterocycles. The highest BCUT2D eigenvalue weighted by molar-refractivity contribution is 6.36. The van der Waals surface area contributed by atoms with E-state index in [0.717, 1.165) is 29.5 Å². The lowest BCUT2D eigenvalue weighted by molar-refractivity contribution is 0.257. The number of nitrogens with two attached hydrogens (primary N) is 1. The van der Waals surface area contributed by atoms with Crippen LogP contribution in [0.25, 0.3) is 5.57 Å². The minimum absolute atomic E-state index is 0.0865. The number of nitrogen functional groups attached to an aromatic ring is 1. The summed E-state index contributed by atoms with van der Waals surface area (Å²) in [6, 6.07) is 8.38. The van der Waals surface area contributed by atoms with Crippen LogP contribution in [0.2, 0.25) is 10.0 Å². The zero-order chi connectivity index (χ0) is 26.4. The molecule has 0 radical (unpaired) electrons. The van der Waals surface area contributed by atoms with Gasteiger partial charge in [0.1, 0.15) is 17.7 Å². The van der Waals surface area contributed by atoms with Crippen molar-refractivity contribution in [1.82, 2.24) is 0 Å². The maximum Gasteiger partial charge on any atom is 0.145 e. The van der Waals surface area contributed by atoms with Crippen LogP contribution in [-0.4, -0.2) is 12.8 Å². The first kappa shape index (κ1) is 27.7. The van der Waals surface area contributed by atoms with Crippen LogP contribution in [0.1, 0.15) is 75.5 Å². The first-order valence-corrected chi connectivity index (χ1v) is 14.2. The molecular weight excluding hydrogens is 506 g/mol. The first-order valence-electron chi connectivity index (χ1n) is 13.4. The van der Waals surface area contributed by atoms with E-state index in [-0.39, 0.29) is 5.02 Å². The molecule has 1 aliphatic heterocycles. The Morgan fingerprint density at radius 2 is 1.95 bits per heavy atom. The number of ether oxygens (including phenoxy) is 1. The highest BCUT2D eigenvalue weighted by atomic mass is 35.5. The molecule has 6 heteroatoms. The smallest absolute Gasteiger partial charge is 0.145 e. The van der Waals surface area contributed by atoms with Gasteiger partial charge in [-0.15, -0.1) is 0 Å². The molecule has 0 aromatic heterocycles. The molecule has 1 saturated carbocycles. The fraction of sp³-hybridized carbons (Fsp3) is 0.452. The van der Waals surface area contributed by atoms with Crippen LogP contribution < -0.4 is 10.5 Å². The lowest BCUT2D eigenvalue weighted by Crippen LogP contribution is -2.14. The highest BCUT2D eigenvalue weighted by Gasteiger charge is 2.24. The second-order valence-electron chi connectivity index (χ2n) is 10.4. The number of hydrogen-bond acceptors (Lipinski definition) is 3. The third-order valence-electron chi connectivity index (χ3n) is 7.71. The minimum atomic E-state index is -0.762. The van der Waals surface area contributed by atoms with E-state index in [1.807, 2.05) is 24.4 Å². The second kappa shape index (κ2) is 13.0. The van der Waals surface area contributed by atoms with E-state index in [1.54, 1.807) is 0 Å². The highest BCUT2D eigenvalue weighted by Crippen LogP contribution is 2.39. The Hall–Kier alpha value is -2.30. The molecule has 198 valence electrons. The summed E-state index contributed by atoms with van der Waals surface area (Å²) in [6.07, 6.45) is 15.7. The van der Waals surface area contributed by atoms with Crippen molar-refractivity contribution < 1.29 is 9.13 Å². The topological polar surface area (TPSA) is 47.6 Å². The number of aliphatic imine (C=N–C) groups is 1. The Morgan fingerprint density at radius 3 is 2.73 bits per heavy atom. The van der Waals surface area contributed by atoms with E-state index in [2.05, 4.69) is 19.6 Å². The van der Waals surface area contributed by atoms with Gasteiger partial charge in [0.05, 0.1) is 10.7 Å². The van der Waals surface area contributed by atoms with Gasteiger partial charge in [0.15, 0.2) is 0 Å². The maximum absolute atomic E-state index is 14.1. The molecule has 1 aliphatic carbocycles. The molecule has 2 aromatic carbocycles. The number of hydrogen-bond donors (Lipinski definition) is 1. The molecule has 1 heterocycles. The number of nitrogens with zero attached hydrogens (tertiary/aromatic N) is 1. The molecule has 37 heavy (non-hydrogen) atoms. The summed E-state index contributed by atoms with van der Waals surface area (Å²) in [7, 11) is 0. The van der Waals surface area contributed by atoms with Crippen molar-refractivity contribution in [3.8, 4) is 5.75 Å². The lowest BCUT2D eigenvalue weighted by Gasteiger charge is -2.23. The van der Waals surface area contributed by atoms with Crippen LogP contribution in [0.5, 0.6) is 5.75 Å². The molecule has 0 amide bonds. The summed E-state index contributed by atoms with van der Waals surface area (Å²) in [5.41, 5.74) is 9.08. The Labute approximate surface area is 230 Å². The Kier molecular flexibility index (Phi) is 9.72. The minimum Gasteiger partial charge on any atom is -0.479 e. The number of anilines is 1. The molecule has 4 unspecified atom stereocenters. The average molecular weight is 544 g/mol. The second-order valence-corrected chi connectivity index (χ2v) is 11.2. The van der Waals surface area contributed by atoms with Gasteiger partial charge in [0.25, 0.3) is 0 Å². The van der Waals surface area contributed by atoms with E-state index < -0.39 is 11.9 Å². The van der Waals surface area contributed by atoms with Crippen LogP contribution >= 0.6 is 23.2 Å². The number of allylic oxidation sites excluding steroid dienone is 1. The van der Waals surface area contributed by atoms with E-state index in [9.17, 15) is 4.39 Å². The van der Waals surface area contributed by atoms with Crippen LogP contribution in [-0.2, 0) is 0 Å². The number of halogens is 3. The lowest BCUT2D eigenvalue weighted by atomic mass is 9.86. The number of benzene rings is 2. The van der Waals surface area contributed by atoms with E-state index in [1.165, 1.54) is 69.6 Å². The monoisotopic (exact) mass is 542 g/mol. The van der Waals surface area contributed by atoms with E-state index in [0.29, 0.717) is 27.9 Å². The normalized spacial score (nSPS) is 22.7. The molecule has 0 spiro atoms. The summed E-state index contributed by atoms with van der Waals surface area (Å²) in [5.74, 6) is 2.01. The van der Waals surface area contributed by atoms with Crippen molar-refractivity contribution in [2.24, 2.45) is 22.7 Å². The molecule has 2 N–H and O–H groups in total. The fourth-order valence-electron chi connectivity index (χ4n) is 5.75. The van der Waals surface area contributed by atoms with Crippen molar-refractivity contribution in [1.29, 1.82) is 0 Å². The Balaban J connectivity index is 1.50. The largest absolute Gasteiger partial charge is 0.479 e. The van der Waals surface area contributed by atoms with Gasteiger partial charge in [-0.1, -0.05) is 93.8 Å². The molecule has 4 atom stereocenters. The van der Waals surface area contributed by atoms with Gasteiger partial charge in [-0.2, -0.15) is 0 Å². The Bertz CT molecular complexity index is 1160. The molecule has 0 bridgehead atoms. The van der Waals surface area contributed by atoms with Crippen molar-refractivity contribution in [2.75, 3.05) is 12.3 Å². The summed E-state index contributed by atoms with van der Waals surface area (Å²) in [6.45, 7) is 6.97. The zero-order valence-corrected chi connectivity index (χ0v) is 23.1. The summed E-state index contributed by atoms with van der Waals surface area (Å²) < 4.78 is 20.3. The quantitative estimate of drug-likeness (QED) is 0.148. The van der Waals surface area contributed by atoms with Crippen LogP contribution in [0.4, 0.5) is 10.1 Å². The van der Waals surface area contributed by atoms with Gasteiger partial charge in [0.2, 0.25) is 0 Å². The van der Waals surface area contributed by atoms with Gasteiger partial charge < -0.3 is 10.5 Å². The molecule has 3 nitrogen and oxygen atoms in total.